The van der Waals surface area contributed by atoms with Crippen molar-refractivity contribution >= 4 is 56.7 Å². The highest BCUT2D eigenvalue weighted by Gasteiger charge is 2.29. The summed E-state index contributed by atoms with van der Waals surface area (Å²) in [6, 6.07) is 23.3. The number of aryl methyl sites for hydroxylation is 1. The molecule has 3 aromatic rings. The van der Waals surface area contributed by atoms with Gasteiger partial charge in [-0.2, -0.15) is 0 Å². The van der Waals surface area contributed by atoms with Crippen LogP contribution >= 0.6 is 23.8 Å². The number of hydrogen-bond donors (Lipinski definition) is 0. The lowest BCUT2D eigenvalue weighted by molar-refractivity contribution is 0.564. The van der Waals surface area contributed by atoms with Gasteiger partial charge in [0.2, 0.25) is 5.11 Å². The van der Waals surface area contributed by atoms with Crippen molar-refractivity contribution in [1.82, 2.24) is 4.31 Å². The fourth-order valence-electron chi connectivity index (χ4n) is 3.10. The molecule has 0 radical (unpaired) electrons. The number of aliphatic imine (C=N–C) groups is 1. The van der Waals surface area contributed by atoms with Gasteiger partial charge in [-0.1, -0.05) is 65.7 Å². The van der Waals surface area contributed by atoms with Crippen LogP contribution in [-0.2, 0) is 10.0 Å². The third kappa shape index (κ3) is 4.39. The van der Waals surface area contributed by atoms with Crippen LogP contribution in [0.1, 0.15) is 11.1 Å². The number of hydrogen-bond acceptors (Lipinski definition) is 4. The Kier molecular flexibility index (Phi) is 5.91. The molecule has 0 fully saturated rings. The van der Waals surface area contributed by atoms with E-state index < -0.39 is 10.0 Å². The molecule has 0 amide bonds. The maximum atomic E-state index is 13.4. The van der Waals surface area contributed by atoms with Crippen molar-refractivity contribution in [2.75, 3.05) is 4.90 Å². The number of sulfonamides is 1. The summed E-state index contributed by atoms with van der Waals surface area (Å²) >= 11 is 11.6. The first-order valence-corrected chi connectivity index (χ1v) is 11.6. The van der Waals surface area contributed by atoms with E-state index in [-0.39, 0.29) is 10.0 Å². The van der Waals surface area contributed by atoms with Gasteiger partial charge in [-0.25, -0.2) is 17.7 Å². The molecule has 0 aromatic heterocycles. The van der Waals surface area contributed by atoms with E-state index in [1.165, 1.54) is 12.5 Å². The van der Waals surface area contributed by atoms with Crippen molar-refractivity contribution < 1.29 is 8.42 Å². The predicted octanol–water partition coefficient (Wildman–Crippen LogP) is 5.47. The molecule has 5 nitrogen and oxygen atoms in total. The van der Waals surface area contributed by atoms with Gasteiger partial charge >= 0.3 is 0 Å². The largest absolute Gasteiger partial charge is 0.299 e. The minimum absolute atomic E-state index is 0.0847. The lowest BCUT2D eigenvalue weighted by Gasteiger charge is -2.24. The van der Waals surface area contributed by atoms with Gasteiger partial charge in [0, 0.05) is 22.5 Å². The smallest absolute Gasteiger partial charge is 0.270 e. The topological polar surface area (TPSA) is 53.0 Å². The minimum Gasteiger partial charge on any atom is -0.299 e. The van der Waals surface area contributed by atoms with Crippen molar-refractivity contribution in [2.24, 2.45) is 4.99 Å². The molecular formula is C23H18ClN3O2S2. The van der Waals surface area contributed by atoms with Crippen LogP contribution in [0.5, 0.6) is 0 Å². The van der Waals surface area contributed by atoms with Crippen LogP contribution in [0.3, 0.4) is 0 Å². The Morgan fingerprint density at radius 1 is 0.935 bits per heavy atom. The number of benzene rings is 3. The molecule has 1 heterocycles. The zero-order valence-corrected chi connectivity index (χ0v) is 18.9. The summed E-state index contributed by atoms with van der Waals surface area (Å²) in [5.74, 6) is 0. The molecule has 3 aromatic carbocycles. The van der Waals surface area contributed by atoms with Gasteiger partial charge in [0.25, 0.3) is 10.0 Å². The second-order valence-electron chi connectivity index (χ2n) is 6.87. The van der Waals surface area contributed by atoms with Gasteiger partial charge in [0.1, 0.15) is 6.34 Å². The molecule has 31 heavy (non-hydrogen) atoms. The summed E-state index contributed by atoms with van der Waals surface area (Å²) in [6.07, 6.45) is 3.01. The zero-order valence-electron chi connectivity index (χ0n) is 16.5. The van der Waals surface area contributed by atoms with E-state index in [4.69, 9.17) is 23.8 Å². The number of halogens is 1. The highest BCUT2D eigenvalue weighted by molar-refractivity contribution is 7.91. The molecule has 1 aliphatic rings. The summed E-state index contributed by atoms with van der Waals surface area (Å²) in [4.78, 5) is 6.16. The molecule has 0 bridgehead atoms. The zero-order chi connectivity index (χ0) is 22.0. The van der Waals surface area contributed by atoms with Crippen molar-refractivity contribution in [1.29, 1.82) is 0 Å². The first kappa shape index (κ1) is 21.2. The third-order valence-electron chi connectivity index (χ3n) is 4.70. The number of rotatable bonds is 4. The van der Waals surface area contributed by atoms with Crippen LogP contribution in [0.4, 0.5) is 5.69 Å². The van der Waals surface area contributed by atoms with Gasteiger partial charge in [-0.05, 0) is 49.5 Å². The fraction of sp³-hybridized carbons (Fsp3) is 0.0435. The highest BCUT2D eigenvalue weighted by atomic mass is 35.5. The van der Waals surface area contributed by atoms with Crippen molar-refractivity contribution in [3.63, 3.8) is 0 Å². The van der Waals surface area contributed by atoms with Crippen LogP contribution in [0, 0.1) is 6.92 Å². The van der Waals surface area contributed by atoms with Crippen LogP contribution in [-0.4, -0.2) is 24.2 Å². The number of anilines is 1. The first-order chi connectivity index (χ1) is 14.9. The van der Waals surface area contributed by atoms with Crippen molar-refractivity contribution in [2.45, 2.75) is 11.8 Å². The van der Waals surface area contributed by atoms with Gasteiger partial charge < -0.3 is 0 Å². The maximum absolute atomic E-state index is 13.4. The monoisotopic (exact) mass is 467 g/mol. The number of nitrogens with zero attached hydrogens (tertiary/aromatic N) is 3. The van der Waals surface area contributed by atoms with Crippen LogP contribution in [0.15, 0.2) is 95.0 Å². The van der Waals surface area contributed by atoms with Gasteiger partial charge in [0.05, 0.1) is 10.6 Å². The standard InChI is InChI=1S/C23H18ClN3O2S2/c1-17-10-12-21(13-11-17)31(28,29)27-15-22(18-6-3-2-4-7-18)26(16-25-23(27)30)20-9-5-8-19(24)14-20/h2-16H,1H3. The van der Waals surface area contributed by atoms with Gasteiger partial charge in [-0.15, -0.1) is 0 Å². The molecule has 0 unspecified atom stereocenters. The molecule has 0 N–H and O–H groups in total. The third-order valence-corrected chi connectivity index (χ3v) is 7.02. The Balaban J connectivity index is 1.90. The first-order valence-electron chi connectivity index (χ1n) is 9.37. The molecule has 0 saturated heterocycles. The van der Waals surface area contributed by atoms with E-state index in [1.54, 1.807) is 41.3 Å². The normalized spacial score (nSPS) is 14.4. The minimum atomic E-state index is -3.96. The Morgan fingerprint density at radius 3 is 2.32 bits per heavy atom. The van der Waals surface area contributed by atoms with E-state index in [0.29, 0.717) is 10.7 Å². The Morgan fingerprint density at radius 2 is 1.65 bits per heavy atom. The van der Waals surface area contributed by atoms with E-state index in [0.717, 1.165) is 21.1 Å². The molecule has 0 spiro atoms. The van der Waals surface area contributed by atoms with Crippen molar-refractivity contribution in [3.05, 3.63) is 101 Å². The lowest BCUT2D eigenvalue weighted by atomic mass is 10.1. The summed E-state index contributed by atoms with van der Waals surface area (Å²) < 4.78 is 27.9. The number of thiocarbonyl (C=S) groups is 1. The van der Waals surface area contributed by atoms with Gasteiger partial charge in [-0.3, -0.25) is 4.90 Å². The van der Waals surface area contributed by atoms with Crippen LogP contribution < -0.4 is 4.90 Å². The van der Waals surface area contributed by atoms with E-state index >= 15 is 0 Å². The molecule has 0 saturated carbocycles. The molecule has 0 atom stereocenters. The van der Waals surface area contributed by atoms with E-state index in [2.05, 4.69) is 4.99 Å². The Labute approximate surface area is 192 Å². The van der Waals surface area contributed by atoms with E-state index in [1.807, 2.05) is 49.4 Å². The predicted molar refractivity (Wildman–Crippen MR) is 130 cm³/mol. The average Bonchev–Trinajstić information content (AvgIpc) is 2.94. The van der Waals surface area contributed by atoms with Crippen molar-refractivity contribution in [3.8, 4) is 0 Å². The SMILES string of the molecule is Cc1ccc(S(=O)(=O)N2C=C(c3ccccc3)N(c3cccc(Cl)c3)C=NC2=S)cc1. The van der Waals surface area contributed by atoms with E-state index in [9.17, 15) is 8.42 Å². The summed E-state index contributed by atoms with van der Waals surface area (Å²) in [5, 5.41) is 0.466. The van der Waals surface area contributed by atoms with Crippen LogP contribution in [0.25, 0.3) is 5.70 Å². The summed E-state index contributed by atoms with van der Waals surface area (Å²) in [6.45, 7) is 1.90. The summed E-state index contributed by atoms with van der Waals surface area (Å²) in [5.41, 5.74) is 3.07. The molecular weight excluding hydrogens is 450 g/mol. The van der Waals surface area contributed by atoms with Gasteiger partial charge in [0.15, 0.2) is 0 Å². The molecule has 156 valence electrons. The molecule has 8 heteroatoms. The maximum Gasteiger partial charge on any atom is 0.270 e. The second kappa shape index (κ2) is 8.63. The Hall–Kier alpha value is -3.00. The fourth-order valence-corrected chi connectivity index (χ4v) is 4.88. The lowest BCUT2D eigenvalue weighted by Crippen LogP contribution is -2.30. The molecule has 0 aliphatic carbocycles. The quantitative estimate of drug-likeness (QED) is 0.477. The molecule has 4 rings (SSSR count). The molecule has 1 aliphatic heterocycles. The summed E-state index contributed by atoms with van der Waals surface area (Å²) in [7, 11) is -3.96. The second-order valence-corrected chi connectivity index (χ2v) is 9.49. The Bertz CT molecular complexity index is 1290. The van der Waals surface area contributed by atoms with Crippen LogP contribution in [0.2, 0.25) is 5.02 Å². The average molecular weight is 468 g/mol. The highest BCUT2D eigenvalue weighted by Crippen LogP contribution is 2.31.